The fraction of sp³-hybridized carbons (Fsp3) is 0.435. The van der Waals surface area contributed by atoms with Gasteiger partial charge >= 0.3 is 0 Å². The van der Waals surface area contributed by atoms with Gasteiger partial charge in [-0.3, -0.25) is 4.98 Å². The van der Waals surface area contributed by atoms with Gasteiger partial charge in [-0.2, -0.15) is 0 Å². The van der Waals surface area contributed by atoms with Gasteiger partial charge in [-0.25, -0.2) is 19.5 Å². The molecule has 4 aromatic rings. The van der Waals surface area contributed by atoms with Crippen LogP contribution < -0.4 is 4.74 Å². The van der Waals surface area contributed by atoms with Crippen molar-refractivity contribution in [2.24, 2.45) is 5.92 Å². The number of hydrogen-bond donors (Lipinski definition) is 0. The molecule has 1 fully saturated rings. The Morgan fingerprint density at radius 2 is 1.87 bits per heavy atom. The Hall–Kier alpha value is -2.87. The first kappa shape index (κ1) is 20.1. The first-order valence-electron chi connectivity index (χ1n) is 10.9. The van der Waals surface area contributed by atoms with Gasteiger partial charge in [0.1, 0.15) is 11.9 Å². The molecule has 0 unspecified atom stereocenters. The number of hydrogen-bond acceptors (Lipinski definition) is 7. The molecule has 0 N–H and O–H groups in total. The Labute approximate surface area is 185 Å². The second-order valence-corrected chi connectivity index (χ2v) is 9.11. The Kier molecular flexibility index (Phi) is 5.63. The van der Waals surface area contributed by atoms with Crippen molar-refractivity contribution in [3.05, 3.63) is 54.5 Å². The van der Waals surface area contributed by atoms with Crippen LogP contribution in [0.2, 0.25) is 0 Å². The van der Waals surface area contributed by atoms with Crippen LogP contribution in [0.5, 0.6) is 5.19 Å². The van der Waals surface area contributed by atoms with Gasteiger partial charge in [0, 0.05) is 36.3 Å². The van der Waals surface area contributed by atoms with Crippen molar-refractivity contribution >= 4 is 16.3 Å². The summed E-state index contributed by atoms with van der Waals surface area (Å²) in [4.78, 5) is 18.8. The van der Waals surface area contributed by atoms with E-state index in [2.05, 4.69) is 38.9 Å². The molecule has 4 heterocycles. The second-order valence-electron chi connectivity index (χ2n) is 8.19. The van der Waals surface area contributed by atoms with Gasteiger partial charge in [-0.1, -0.05) is 6.92 Å². The summed E-state index contributed by atoms with van der Waals surface area (Å²) in [6.45, 7) is 4.29. The molecule has 1 aliphatic rings. The third kappa shape index (κ3) is 4.30. The molecule has 160 valence electrons. The molecule has 31 heavy (non-hydrogen) atoms. The van der Waals surface area contributed by atoms with Gasteiger partial charge in [0.2, 0.25) is 4.96 Å². The van der Waals surface area contributed by atoms with Crippen molar-refractivity contribution in [2.45, 2.75) is 58.0 Å². The van der Waals surface area contributed by atoms with Crippen molar-refractivity contribution in [1.82, 2.24) is 29.5 Å². The fourth-order valence-electron chi connectivity index (χ4n) is 4.25. The number of imidazole rings is 1. The minimum Gasteiger partial charge on any atom is -0.466 e. The lowest BCUT2D eigenvalue weighted by molar-refractivity contribution is 0.116. The number of aromatic nitrogens is 6. The normalized spacial score (nSPS) is 20.1. The van der Waals surface area contributed by atoms with Gasteiger partial charge in [-0.15, -0.1) is 5.10 Å². The molecule has 0 saturated heterocycles. The van der Waals surface area contributed by atoms with E-state index in [0.29, 0.717) is 17.0 Å². The van der Waals surface area contributed by atoms with E-state index in [9.17, 15) is 0 Å². The van der Waals surface area contributed by atoms with E-state index >= 15 is 0 Å². The van der Waals surface area contributed by atoms with E-state index in [1.807, 2.05) is 30.7 Å². The van der Waals surface area contributed by atoms with Crippen molar-refractivity contribution in [1.29, 1.82) is 0 Å². The largest absolute Gasteiger partial charge is 0.466 e. The van der Waals surface area contributed by atoms with Gasteiger partial charge < -0.3 is 4.74 Å². The highest BCUT2D eigenvalue weighted by atomic mass is 32.1. The number of ether oxygens (including phenoxy) is 1. The van der Waals surface area contributed by atoms with Crippen LogP contribution >= 0.6 is 11.3 Å². The van der Waals surface area contributed by atoms with E-state index in [1.165, 1.54) is 16.9 Å². The summed E-state index contributed by atoms with van der Waals surface area (Å²) < 4.78 is 8.02. The Balaban J connectivity index is 1.19. The molecule has 5 rings (SSSR count). The van der Waals surface area contributed by atoms with Crippen molar-refractivity contribution in [3.63, 3.8) is 0 Å². The highest BCUT2D eigenvalue weighted by molar-refractivity contribution is 7.18. The highest BCUT2D eigenvalue weighted by Gasteiger charge is 2.29. The molecule has 1 aliphatic carbocycles. The van der Waals surface area contributed by atoms with Crippen LogP contribution in [-0.2, 0) is 6.42 Å². The van der Waals surface area contributed by atoms with Crippen molar-refractivity contribution < 1.29 is 4.74 Å². The van der Waals surface area contributed by atoms with E-state index < -0.39 is 0 Å². The number of nitrogens with zero attached hydrogens (tertiary/aromatic N) is 6. The smallest absolute Gasteiger partial charge is 0.294 e. The van der Waals surface area contributed by atoms with Gasteiger partial charge in [0.15, 0.2) is 0 Å². The summed E-state index contributed by atoms with van der Waals surface area (Å²) in [5.41, 5.74) is 3.13. The van der Waals surface area contributed by atoms with Crippen LogP contribution in [-0.4, -0.2) is 35.7 Å². The zero-order valence-electron chi connectivity index (χ0n) is 17.8. The molecule has 0 amide bonds. The highest BCUT2D eigenvalue weighted by Crippen LogP contribution is 2.37. The third-order valence-electron chi connectivity index (χ3n) is 6.22. The Morgan fingerprint density at radius 3 is 2.55 bits per heavy atom. The lowest BCUT2D eigenvalue weighted by Gasteiger charge is -2.31. The molecule has 8 heteroatoms. The summed E-state index contributed by atoms with van der Waals surface area (Å²) >= 11 is 1.49. The zero-order valence-corrected chi connectivity index (χ0v) is 18.6. The first-order chi connectivity index (χ1) is 15.2. The summed E-state index contributed by atoms with van der Waals surface area (Å²) in [6, 6.07) is 3.90. The summed E-state index contributed by atoms with van der Waals surface area (Å²) in [5.74, 6) is 1.98. The molecule has 0 aromatic carbocycles. The number of aryl methyl sites for hydroxylation is 1. The minimum absolute atomic E-state index is 0.125. The molecule has 0 bridgehead atoms. The molecular formula is C23H26N6OS. The van der Waals surface area contributed by atoms with Gasteiger partial charge in [0.25, 0.3) is 5.19 Å². The Morgan fingerprint density at radius 1 is 1.13 bits per heavy atom. The second kappa shape index (κ2) is 8.70. The van der Waals surface area contributed by atoms with Crippen LogP contribution in [0.4, 0.5) is 0 Å². The monoisotopic (exact) mass is 434 g/mol. The average molecular weight is 435 g/mol. The summed E-state index contributed by atoms with van der Waals surface area (Å²) in [5, 5.41) is 5.27. The number of rotatable bonds is 6. The molecule has 0 radical (unpaired) electrons. The maximum atomic E-state index is 6.22. The maximum Gasteiger partial charge on any atom is 0.294 e. The molecule has 4 aromatic heterocycles. The van der Waals surface area contributed by atoms with Crippen LogP contribution in [0.1, 0.15) is 56.8 Å². The molecule has 0 spiro atoms. The van der Waals surface area contributed by atoms with Crippen molar-refractivity contribution in [2.75, 3.05) is 0 Å². The first-order valence-corrected chi connectivity index (χ1v) is 11.8. The van der Waals surface area contributed by atoms with Crippen LogP contribution in [0, 0.1) is 5.92 Å². The molecule has 0 aliphatic heterocycles. The van der Waals surface area contributed by atoms with Gasteiger partial charge in [0.05, 0.1) is 11.9 Å². The molecular weight excluding hydrogens is 408 g/mol. The topological polar surface area (TPSA) is 78.1 Å². The van der Waals surface area contributed by atoms with E-state index in [0.717, 1.165) is 54.1 Å². The summed E-state index contributed by atoms with van der Waals surface area (Å²) in [7, 11) is 0. The Bertz CT molecular complexity index is 1100. The lowest BCUT2D eigenvalue weighted by atomic mass is 9.79. The van der Waals surface area contributed by atoms with E-state index in [4.69, 9.17) is 4.74 Å². The quantitative estimate of drug-likeness (QED) is 0.427. The minimum atomic E-state index is 0.125. The lowest BCUT2D eigenvalue weighted by Crippen LogP contribution is -2.28. The van der Waals surface area contributed by atoms with Crippen molar-refractivity contribution in [3.8, 4) is 16.5 Å². The van der Waals surface area contributed by atoms with E-state index in [-0.39, 0.29) is 6.10 Å². The van der Waals surface area contributed by atoms with Crippen LogP contribution in [0.3, 0.4) is 0 Å². The fourth-order valence-corrected chi connectivity index (χ4v) is 5.07. The van der Waals surface area contributed by atoms with E-state index in [1.54, 1.807) is 16.9 Å². The zero-order chi connectivity index (χ0) is 21.2. The maximum absolute atomic E-state index is 6.22. The number of pyridine rings is 1. The third-order valence-corrected chi connectivity index (χ3v) is 7.04. The molecule has 7 nitrogen and oxygen atoms in total. The molecule has 1 saturated carbocycles. The average Bonchev–Trinajstić information content (AvgIpc) is 3.38. The SMILES string of the molecule is CCc1cnc(C2CCC([C@@H](C)Oc3nn4cc(-c5ccncc5)nc4s3)CC2)nc1. The predicted molar refractivity (Wildman–Crippen MR) is 120 cm³/mol. The number of fused-ring (bicyclic) bond motifs is 1. The van der Waals surface area contributed by atoms with Gasteiger partial charge in [-0.05, 0) is 74.0 Å². The summed E-state index contributed by atoms with van der Waals surface area (Å²) in [6.07, 6.45) is 15.0. The predicted octanol–water partition coefficient (Wildman–Crippen LogP) is 4.95. The molecule has 1 atom stereocenters. The van der Waals surface area contributed by atoms with Crippen LogP contribution in [0.25, 0.3) is 16.2 Å². The standard InChI is InChI=1S/C23H26N6OS/c1-3-16-12-25-21(26-13-16)19-6-4-17(5-7-19)15(2)30-23-28-29-14-20(27-22(29)31-23)18-8-10-24-11-9-18/h8-15,17,19H,3-7H2,1-2H3/t15-,17?,19?/m1/s1. The van der Waals surface area contributed by atoms with Crippen LogP contribution in [0.15, 0.2) is 43.1 Å².